The predicted octanol–water partition coefficient (Wildman–Crippen LogP) is 16.5. The first-order chi connectivity index (χ1) is 31.5. The van der Waals surface area contributed by atoms with Crippen molar-refractivity contribution in [3.63, 3.8) is 0 Å². The van der Waals surface area contributed by atoms with Crippen molar-refractivity contribution in [2.24, 2.45) is 11.8 Å². The van der Waals surface area contributed by atoms with Crippen molar-refractivity contribution in [1.29, 1.82) is 0 Å². The Morgan fingerprint density at radius 1 is 0.738 bits per heavy atom. The summed E-state index contributed by atoms with van der Waals surface area (Å²) in [5.41, 5.74) is 11.3. The summed E-state index contributed by atoms with van der Waals surface area (Å²) in [6, 6.07) is 31.0. The van der Waals surface area contributed by atoms with E-state index < -0.39 is 18.3 Å². The monoisotopic (exact) mass is 1060 g/mol. The third-order valence-corrected chi connectivity index (χ3v) is 13.1. The van der Waals surface area contributed by atoms with Crippen LogP contribution in [0, 0.1) is 51.7 Å². The van der Waals surface area contributed by atoms with E-state index >= 15 is 0 Å². The van der Waals surface area contributed by atoms with E-state index in [1.165, 1.54) is 84.4 Å². The van der Waals surface area contributed by atoms with Crippen LogP contribution >= 0.6 is 0 Å². The van der Waals surface area contributed by atoms with Gasteiger partial charge in [-0.25, -0.2) is 8.78 Å². The van der Waals surface area contributed by atoms with E-state index in [1.54, 1.807) is 6.92 Å². The SMILES string of the molecule is CCC(CC)C(=O)/C=C(\O)C(CC)CC(C)(F)F.Cc1[c-]c(-c2nccc3cc(C4CCCC4)ccc23)cc(C)c1.[2H]c1nc(-c2[c-]c(C)cc(C)c2)c2ccc(C3CCCC3)cc2c1[2H].[Ir]. The molecular formula is C58H68F2IrN2O2-2. The molecule has 0 aliphatic heterocycles. The predicted molar refractivity (Wildman–Crippen MR) is 262 cm³/mol. The molecule has 65 heavy (non-hydrogen) atoms. The van der Waals surface area contributed by atoms with E-state index in [-0.39, 0.29) is 49.8 Å². The van der Waals surface area contributed by atoms with Crippen molar-refractivity contribution in [2.45, 2.75) is 150 Å². The van der Waals surface area contributed by atoms with E-state index in [2.05, 4.69) is 110 Å². The fourth-order valence-electron chi connectivity index (χ4n) is 9.73. The number of aryl methyl sites for hydroxylation is 4. The first-order valence-corrected chi connectivity index (χ1v) is 23.6. The third kappa shape index (κ3) is 14.0. The number of hydrogen-bond donors (Lipinski definition) is 1. The fourth-order valence-corrected chi connectivity index (χ4v) is 9.73. The molecule has 7 heteroatoms. The molecule has 4 aromatic carbocycles. The average molecular weight is 1060 g/mol. The van der Waals surface area contributed by atoms with Gasteiger partial charge in [-0.1, -0.05) is 111 Å². The molecule has 347 valence electrons. The maximum absolute atomic E-state index is 12.9. The number of pyridine rings is 2. The second-order valence-corrected chi connectivity index (χ2v) is 18.5. The molecule has 2 aliphatic carbocycles. The van der Waals surface area contributed by atoms with Crippen LogP contribution in [-0.4, -0.2) is 26.8 Å². The number of ketones is 1. The Morgan fingerprint density at radius 2 is 1.22 bits per heavy atom. The first kappa shape index (κ1) is 48.4. The maximum atomic E-state index is 12.9. The quantitative estimate of drug-likeness (QED) is 0.0754. The Kier molecular flexibility index (Phi) is 17.7. The van der Waals surface area contributed by atoms with E-state index in [4.69, 9.17) is 2.74 Å². The van der Waals surface area contributed by atoms with E-state index in [0.29, 0.717) is 25.2 Å². The minimum Gasteiger partial charge on any atom is -0.512 e. The Bertz CT molecular complexity index is 2620. The zero-order chi connectivity index (χ0) is 47.7. The van der Waals surface area contributed by atoms with Crippen LogP contribution in [0.2, 0.25) is 0 Å². The van der Waals surface area contributed by atoms with Gasteiger partial charge in [0.1, 0.15) is 0 Å². The van der Waals surface area contributed by atoms with Gasteiger partial charge in [-0.3, -0.25) is 4.79 Å². The van der Waals surface area contributed by atoms with E-state index in [1.807, 2.05) is 27.0 Å². The molecule has 2 aromatic heterocycles. The van der Waals surface area contributed by atoms with Crippen molar-refractivity contribution in [2.75, 3.05) is 0 Å². The van der Waals surface area contributed by atoms with Crippen LogP contribution in [0.15, 0.2) is 97.0 Å². The van der Waals surface area contributed by atoms with Gasteiger partial charge >= 0.3 is 0 Å². The summed E-state index contributed by atoms with van der Waals surface area (Å²) in [5, 5.41) is 14.1. The van der Waals surface area contributed by atoms with Crippen LogP contribution in [0.1, 0.15) is 153 Å². The topological polar surface area (TPSA) is 63.1 Å². The summed E-state index contributed by atoms with van der Waals surface area (Å²) in [6.07, 6.45) is 14.9. The average Bonchev–Trinajstić information content (AvgIpc) is 4.03. The third-order valence-electron chi connectivity index (χ3n) is 13.1. The molecule has 0 saturated heterocycles. The van der Waals surface area contributed by atoms with Crippen molar-refractivity contribution >= 4 is 27.3 Å². The number of aromatic nitrogens is 2. The number of alkyl halides is 2. The minimum atomic E-state index is -2.83. The van der Waals surface area contributed by atoms with Crippen LogP contribution in [0.5, 0.6) is 0 Å². The molecule has 1 N–H and O–H groups in total. The van der Waals surface area contributed by atoms with E-state index in [0.717, 1.165) is 63.3 Å². The number of halogens is 2. The Morgan fingerprint density at radius 3 is 1.69 bits per heavy atom. The van der Waals surface area contributed by atoms with Gasteiger partial charge in [0.2, 0.25) is 5.92 Å². The Hall–Kier alpha value is -4.58. The van der Waals surface area contributed by atoms with Gasteiger partial charge in [-0.05, 0) is 120 Å². The number of hydrogen-bond acceptors (Lipinski definition) is 4. The van der Waals surface area contributed by atoms with Crippen LogP contribution in [0.25, 0.3) is 44.1 Å². The number of nitrogens with zero attached hydrogens (tertiary/aromatic N) is 2. The summed E-state index contributed by atoms with van der Waals surface area (Å²) in [4.78, 5) is 20.9. The van der Waals surface area contributed by atoms with Gasteiger partial charge in [-0.15, -0.1) is 69.8 Å². The summed E-state index contributed by atoms with van der Waals surface area (Å²) >= 11 is 0. The smallest absolute Gasteiger partial charge is 0.246 e. The zero-order valence-corrected chi connectivity index (χ0v) is 42.0. The van der Waals surface area contributed by atoms with E-state index in [9.17, 15) is 18.7 Å². The van der Waals surface area contributed by atoms with Crippen molar-refractivity contribution in [3.05, 3.63) is 142 Å². The largest absolute Gasteiger partial charge is 0.512 e. The second-order valence-electron chi connectivity index (χ2n) is 18.5. The number of aliphatic hydroxyl groups excluding tert-OH is 1. The Labute approximate surface area is 404 Å². The molecule has 6 aromatic rings. The number of rotatable bonds is 12. The number of fused-ring (bicyclic) bond motifs is 2. The normalized spacial score (nSPS) is 15.5. The molecular weight excluding hydrogens is 987 g/mol. The van der Waals surface area contributed by atoms with Gasteiger partial charge in [-0.2, -0.15) is 0 Å². The molecule has 1 radical (unpaired) electrons. The summed E-state index contributed by atoms with van der Waals surface area (Å²) in [7, 11) is 0. The second kappa shape index (κ2) is 23.7. The summed E-state index contributed by atoms with van der Waals surface area (Å²) < 4.78 is 42.4. The fraction of sp³-hybridized carbons (Fsp3) is 0.431. The van der Waals surface area contributed by atoms with Crippen molar-refractivity contribution < 1.29 is 41.5 Å². The van der Waals surface area contributed by atoms with Crippen LogP contribution in [0.3, 0.4) is 0 Å². The van der Waals surface area contributed by atoms with Gasteiger partial charge in [0.25, 0.3) is 0 Å². The van der Waals surface area contributed by atoms with Crippen molar-refractivity contribution in [3.8, 4) is 22.5 Å². The summed E-state index contributed by atoms with van der Waals surface area (Å²) in [6.45, 7) is 14.7. The number of benzene rings is 4. The van der Waals surface area contributed by atoms with Crippen LogP contribution < -0.4 is 0 Å². The molecule has 2 aliphatic rings. The maximum Gasteiger partial charge on any atom is 0.246 e. The Balaban J connectivity index is 0.000000190. The minimum absolute atomic E-state index is 0. The van der Waals surface area contributed by atoms with Crippen LogP contribution in [0.4, 0.5) is 8.78 Å². The standard InChI is InChI=1S/2C22H22N.C14H24F2O2.Ir/c2*1-15-11-16(2)13-20(12-15)22-21-8-7-18(17-5-3-4-6-17)14-19(21)9-10-23-22;1-5-10(6-2)12(17)8-13(18)11(7-3)9-14(4,15)16;/h2*7-12,14,17H,3-6H2,1-2H3;8,10-11,18H,5-7,9H2,1-4H3;/q2*-1;;/b;;13-8-;/i9D,10D;;;. The number of carbonyl (C=O) groups is 1. The number of allylic oxidation sites excluding steroid dienone is 2. The van der Waals surface area contributed by atoms with Gasteiger partial charge in [0.15, 0.2) is 5.78 Å². The zero-order valence-electron chi connectivity index (χ0n) is 41.6. The molecule has 0 spiro atoms. The molecule has 0 bridgehead atoms. The molecule has 8 rings (SSSR count). The van der Waals surface area contributed by atoms with Crippen molar-refractivity contribution in [1.82, 2.24) is 9.97 Å². The molecule has 1 atom stereocenters. The molecule has 2 saturated carbocycles. The van der Waals surface area contributed by atoms with Gasteiger partial charge in [0, 0.05) is 56.8 Å². The van der Waals surface area contributed by atoms with Crippen LogP contribution in [-0.2, 0) is 24.9 Å². The molecule has 0 amide bonds. The molecule has 4 nitrogen and oxygen atoms in total. The molecule has 2 heterocycles. The van der Waals surface area contributed by atoms with Gasteiger partial charge < -0.3 is 15.1 Å². The first-order valence-electron chi connectivity index (χ1n) is 24.6. The number of aliphatic hydroxyl groups is 1. The number of carbonyl (C=O) groups excluding carboxylic acids is 1. The van der Waals surface area contributed by atoms with Gasteiger partial charge in [0.05, 0.1) is 8.50 Å². The molecule has 2 fully saturated rings. The summed E-state index contributed by atoms with van der Waals surface area (Å²) in [5.74, 6) is -2.65. The molecule has 1 unspecified atom stereocenters.